The Hall–Kier alpha value is -0.700. The van der Waals surface area contributed by atoms with Crippen LogP contribution in [0.2, 0.25) is 0 Å². The van der Waals surface area contributed by atoms with Gasteiger partial charge < -0.3 is 4.74 Å². The molecule has 0 rings (SSSR count). The van der Waals surface area contributed by atoms with Crippen molar-refractivity contribution in [2.45, 2.75) is 51.7 Å². The summed E-state index contributed by atoms with van der Waals surface area (Å²) in [7, 11) is 1.39. The Morgan fingerprint density at radius 2 is 2.05 bits per heavy atom. The molecule has 0 aromatic carbocycles. The van der Waals surface area contributed by atoms with Crippen LogP contribution < -0.4 is 0 Å². The molecule has 0 saturated carbocycles. The third kappa shape index (κ3) is 9.83. The molecular weight excluding hydrogens is 256 g/mol. The second-order valence-corrected chi connectivity index (χ2v) is 7.17. The molecule has 0 aliphatic carbocycles. The molecular formula is C16H28O2S. The third-order valence-electron chi connectivity index (χ3n) is 3.26. The summed E-state index contributed by atoms with van der Waals surface area (Å²) in [6.45, 7) is 8.78. The lowest BCUT2D eigenvalue weighted by Crippen LogP contribution is -2.15. The molecule has 0 spiro atoms. The summed E-state index contributed by atoms with van der Waals surface area (Å²) in [6, 6.07) is 0. The van der Waals surface area contributed by atoms with Crippen LogP contribution >= 0.6 is 11.8 Å². The molecule has 0 aliphatic rings. The zero-order valence-corrected chi connectivity index (χ0v) is 14.0. The van der Waals surface area contributed by atoms with E-state index in [0.29, 0.717) is 10.7 Å². The Balaban J connectivity index is 4.06. The molecule has 3 heteroatoms. The summed E-state index contributed by atoms with van der Waals surface area (Å²) < 4.78 is 4.96. The highest BCUT2D eigenvalue weighted by molar-refractivity contribution is 7.99. The molecule has 1 unspecified atom stereocenters. The summed E-state index contributed by atoms with van der Waals surface area (Å²) in [6.07, 6.45) is 11.3. The van der Waals surface area contributed by atoms with Gasteiger partial charge in [-0.25, -0.2) is 4.79 Å². The smallest absolute Gasteiger partial charge is 0.330 e. The maximum absolute atomic E-state index is 11.0. The van der Waals surface area contributed by atoms with Gasteiger partial charge in [-0.3, -0.25) is 0 Å². The zero-order valence-electron chi connectivity index (χ0n) is 13.2. The van der Waals surface area contributed by atoms with Gasteiger partial charge >= 0.3 is 5.97 Å². The Labute approximate surface area is 122 Å². The van der Waals surface area contributed by atoms with Gasteiger partial charge in [0.15, 0.2) is 0 Å². The lowest BCUT2D eigenvalue weighted by atomic mass is 9.96. The van der Waals surface area contributed by atoms with Gasteiger partial charge in [0.25, 0.3) is 0 Å². The molecule has 0 heterocycles. The summed E-state index contributed by atoms with van der Waals surface area (Å²) in [5.41, 5.74) is 0.934. The van der Waals surface area contributed by atoms with Crippen molar-refractivity contribution in [2.24, 2.45) is 5.92 Å². The van der Waals surface area contributed by atoms with E-state index in [0.717, 1.165) is 12.0 Å². The fraction of sp³-hybridized carbons (Fsp3) is 0.688. The first-order chi connectivity index (χ1) is 8.80. The number of allylic oxidation sites excluding steroid dienone is 3. The van der Waals surface area contributed by atoms with Gasteiger partial charge in [0.2, 0.25) is 0 Å². The number of carbonyl (C=O) groups is 1. The van der Waals surface area contributed by atoms with E-state index in [9.17, 15) is 4.79 Å². The summed E-state index contributed by atoms with van der Waals surface area (Å²) in [4.78, 5) is 11.0. The quantitative estimate of drug-likeness (QED) is 0.370. The number of carbonyl (C=O) groups excluding carboxylic acids is 1. The van der Waals surface area contributed by atoms with E-state index in [4.69, 9.17) is 0 Å². The molecule has 1 atom stereocenters. The van der Waals surface area contributed by atoms with Crippen molar-refractivity contribution in [1.82, 2.24) is 0 Å². The molecule has 2 nitrogen and oxygen atoms in total. The minimum absolute atomic E-state index is 0.295. The van der Waals surface area contributed by atoms with Gasteiger partial charge in [-0.2, -0.15) is 11.8 Å². The van der Waals surface area contributed by atoms with E-state index in [1.165, 1.54) is 26.0 Å². The van der Waals surface area contributed by atoms with Crippen LogP contribution in [0, 0.1) is 5.92 Å². The number of esters is 1. The maximum Gasteiger partial charge on any atom is 0.330 e. The van der Waals surface area contributed by atoms with Crippen molar-refractivity contribution < 1.29 is 9.53 Å². The Bertz CT molecular complexity index is 330. The zero-order chi connectivity index (χ0) is 14.9. The lowest BCUT2D eigenvalue weighted by molar-refractivity contribution is -0.134. The number of ether oxygens (including phenoxy) is 1. The van der Waals surface area contributed by atoms with Gasteiger partial charge in [-0.15, -0.1) is 0 Å². The highest BCUT2D eigenvalue weighted by atomic mass is 32.2. The topological polar surface area (TPSA) is 26.3 Å². The van der Waals surface area contributed by atoms with Crippen molar-refractivity contribution in [3.05, 3.63) is 23.8 Å². The van der Waals surface area contributed by atoms with Gasteiger partial charge in [-0.1, -0.05) is 32.9 Å². The summed E-state index contributed by atoms with van der Waals surface area (Å²) in [5, 5.41) is 0. The van der Waals surface area contributed by atoms with Crippen molar-refractivity contribution in [1.29, 1.82) is 0 Å². The van der Waals surface area contributed by atoms with E-state index in [1.54, 1.807) is 0 Å². The average molecular weight is 284 g/mol. The van der Waals surface area contributed by atoms with Crippen LogP contribution in [0.25, 0.3) is 0 Å². The van der Waals surface area contributed by atoms with Gasteiger partial charge in [-0.05, 0) is 43.9 Å². The van der Waals surface area contributed by atoms with Crippen molar-refractivity contribution in [3.8, 4) is 0 Å². The highest BCUT2D eigenvalue weighted by Crippen LogP contribution is 2.29. The Kier molecular flexibility index (Phi) is 8.90. The molecule has 0 bridgehead atoms. The molecule has 0 fully saturated rings. The normalized spacial score (nSPS) is 14.7. The minimum Gasteiger partial charge on any atom is -0.466 e. The van der Waals surface area contributed by atoms with E-state index in [-0.39, 0.29) is 5.97 Å². The van der Waals surface area contributed by atoms with Crippen LogP contribution in [0.1, 0.15) is 47.0 Å². The highest BCUT2D eigenvalue weighted by Gasteiger charge is 2.16. The monoisotopic (exact) mass is 284 g/mol. The molecule has 0 aromatic heterocycles. The SMILES string of the molecule is COC(=O)/C=C(C)/C=C/CC(C)CCC(C)(C)SC. The van der Waals surface area contributed by atoms with E-state index in [2.05, 4.69) is 37.8 Å². The molecule has 0 aliphatic heterocycles. The largest absolute Gasteiger partial charge is 0.466 e. The molecule has 0 N–H and O–H groups in total. The molecule has 0 aromatic rings. The lowest BCUT2D eigenvalue weighted by Gasteiger charge is -2.23. The second kappa shape index (κ2) is 9.24. The van der Waals surface area contributed by atoms with Crippen LogP contribution in [-0.4, -0.2) is 24.1 Å². The summed E-state index contributed by atoms with van der Waals surface area (Å²) in [5.74, 6) is 0.380. The van der Waals surface area contributed by atoms with Crippen LogP contribution in [0.5, 0.6) is 0 Å². The van der Waals surface area contributed by atoms with Gasteiger partial charge in [0, 0.05) is 10.8 Å². The molecule has 0 radical (unpaired) electrons. The fourth-order valence-corrected chi connectivity index (χ4v) is 1.92. The number of thioether (sulfide) groups is 1. The number of rotatable bonds is 8. The van der Waals surface area contributed by atoms with Gasteiger partial charge in [0.1, 0.15) is 0 Å². The van der Waals surface area contributed by atoms with E-state index in [1.807, 2.05) is 24.8 Å². The van der Waals surface area contributed by atoms with Crippen LogP contribution in [0.4, 0.5) is 0 Å². The first-order valence-corrected chi connectivity index (χ1v) is 8.01. The first kappa shape index (κ1) is 18.3. The average Bonchev–Trinajstić information content (AvgIpc) is 2.36. The molecule has 19 heavy (non-hydrogen) atoms. The molecule has 110 valence electrons. The number of methoxy groups -OCH3 is 1. The standard InChI is InChI=1S/C16H28O2S/c1-13(10-11-16(3,4)19-6)8-7-9-14(2)12-15(17)18-5/h7,9,12-13H,8,10-11H2,1-6H3/b9-7+,14-12+. The maximum atomic E-state index is 11.0. The predicted octanol–water partition coefficient (Wildman–Crippen LogP) is 4.61. The van der Waals surface area contributed by atoms with Crippen molar-refractivity contribution >= 4 is 17.7 Å². The van der Waals surface area contributed by atoms with Crippen molar-refractivity contribution in [3.63, 3.8) is 0 Å². The predicted molar refractivity (Wildman–Crippen MR) is 85.5 cm³/mol. The first-order valence-electron chi connectivity index (χ1n) is 6.78. The number of hydrogen-bond donors (Lipinski definition) is 0. The molecule has 0 saturated heterocycles. The Morgan fingerprint density at radius 1 is 1.42 bits per heavy atom. The van der Waals surface area contributed by atoms with E-state index < -0.39 is 0 Å². The van der Waals surface area contributed by atoms with Gasteiger partial charge in [0.05, 0.1) is 7.11 Å². The van der Waals surface area contributed by atoms with Crippen LogP contribution in [-0.2, 0) is 9.53 Å². The second-order valence-electron chi connectivity index (χ2n) is 5.66. The van der Waals surface area contributed by atoms with Crippen molar-refractivity contribution in [2.75, 3.05) is 13.4 Å². The number of hydrogen-bond acceptors (Lipinski definition) is 3. The Morgan fingerprint density at radius 3 is 2.58 bits per heavy atom. The van der Waals surface area contributed by atoms with E-state index >= 15 is 0 Å². The van der Waals surface area contributed by atoms with Crippen LogP contribution in [0.15, 0.2) is 23.8 Å². The summed E-state index contributed by atoms with van der Waals surface area (Å²) >= 11 is 1.93. The van der Waals surface area contributed by atoms with Crippen LogP contribution in [0.3, 0.4) is 0 Å². The minimum atomic E-state index is -0.295. The fourth-order valence-electron chi connectivity index (χ4n) is 1.59. The molecule has 0 amide bonds. The third-order valence-corrected chi connectivity index (χ3v) is 4.57.